The van der Waals surface area contributed by atoms with Crippen LogP contribution in [0.3, 0.4) is 0 Å². The van der Waals surface area contributed by atoms with Crippen LogP contribution in [0.4, 0.5) is 0 Å². The normalized spacial score (nSPS) is 10.7. The number of benzene rings is 1. The zero-order chi connectivity index (χ0) is 13.9. The molecule has 0 fully saturated rings. The van der Waals surface area contributed by atoms with E-state index in [9.17, 15) is 0 Å². The van der Waals surface area contributed by atoms with Gasteiger partial charge in [0.25, 0.3) is 0 Å². The molecule has 0 saturated carbocycles. The van der Waals surface area contributed by atoms with Crippen molar-refractivity contribution in [2.45, 2.75) is 17.1 Å². The second kappa shape index (κ2) is 5.56. The van der Waals surface area contributed by atoms with Crippen molar-refractivity contribution in [1.82, 2.24) is 30.2 Å². The first-order chi connectivity index (χ1) is 9.75. The fourth-order valence-electron chi connectivity index (χ4n) is 1.58. The number of hydrogen-bond acceptors (Lipinski definition) is 6. The van der Waals surface area contributed by atoms with E-state index in [0.717, 1.165) is 16.3 Å². The molecule has 0 spiro atoms. The SMILES string of the molecule is Cc1c(Cl)ncnc1Sc1nnnn1-c1ccccc1. The molecule has 0 saturated heterocycles. The number of halogens is 1. The van der Waals surface area contributed by atoms with E-state index in [1.54, 1.807) is 4.68 Å². The van der Waals surface area contributed by atoms with Gasteiger partial charge in [-0.25, -0.2) is 9.97 Å². The van der Waals surface area contributed by atoms with E-state index in [2.05, 4.69) is 25.5 Å². The molecular weight excluding hydrogens is 296 g/mol. The first-order valence-corrected chi connectivity index (χ1v) is 6.94. The summed E-state index contributed by atoms with van der Waals surface area (Å²) in [7, 11) is 0. The van der Waals surface area contributed by atoms with Crippen LogP contribution in [-0.2, 0) is 0 Å². The lowest BCUT2D eigenvalue weighted by atomic mass is 10.3. The number of hydrogen-bond donors (Lipinski definition) is 0. The molecule has 0 aliphatic rings. The molecule has 0 aliphatic heterocycles. The van der Waals surface area contributed by atoms with Crippen molar-refractivity contribution in [1.29, 1.82) is 0 Å². The smallest absolute Gasteiger partial charge is 0.220 e. The Kier molecular flexibility index (Phi) is 3.62. The van der Waals surface area contributed by atoms with Crippen molar-refractivity contribution < 1.29 is 0 Å². The second-order valence-corrected chi connectivity index (χ2v) is 5.22. The standard InChI is InChI=1S/C12H9ClN6S/c1-8-10(13)14-7-15-11(8)20-12-16-17-18-19(12)9-5-3-2-4-6-9/h2-7H,1H3. The van der Waals surface area contributed by atoms with Crippen molar-refractivity contribution in [3.8, 4) is 5.69 Å². The van der Waals surface area contributed by atoms with E-state index in [4.69, 9.17) is 11.6 Å². The highest BCUT2D eigenvalue weighted by molar-refractivity contribution is 7.99. The molecule has 0 radical (unpaired) electrons. The van der Waals surface area contributed by atoms with Crippen LogP contribution in [0.15, 0.2) is 46.8 Å². The number of para-hydroxylation sites is 1. The van der Waals surface area contributed by atoms with Crippen LogP contribution in [0.2, 0.25) is 5.15 Å². The molecule has 0 N–H and O–H groups in total. The van der Waals surface area contributed by atoms with E-state index in [-0.39, 0.29) is 0 Å². The summed E-state index contributed by atoms with van der Waals surface area (Å²) >= 11 is 7.34. The first-order valence-electron chi connectivity index (χ1n) is 5.74. The van der Waals surface area contributed by atoms with E-state index in [1.165, 1.54) is 18.1 Å². The van der Waals surface area contributed by atoms with E-state index < -0.39 is 0 Å². The Morgan fingerprint density at radius 1 is 1.15 bits per heavy atom. The van der Waals surface area contributed by atoms with Crippen LogP contribution in [0.5, 0.6) is 0 Å². The molecule has 0 aliphatic carbocycles. The van der Waals surface area contributed by atoms with Gasteiger partial charge >= 0.3 is 0 Å². The van der Waals surface area contributed by atoms with E-state index in [0.29, 0.717) is 10.3 Å². The molecule has 100 valence electrons. The lowest BCUT2D eigenvalue weighted by Crippen LogP contribution is -1.99. The summed E-state index contributed by atoms with van der Waals surface area (Å²) in [5.41, 5.74) is 1.69. The fraction of sp³-hybridized carbons (Fsp3) is 0.0833. The maximum Gasteiger partial charge on any atom is 0.220 e. The van der Waals surface area contributed by atoms with Gasteiger partial charge in [0.15, 0.2) is 0 Å². The molecule has 2 aromatic heterocycles. The number of nitrogens with zero attached hydrogens (tertiary/aromatic N) is 6. The number of tetrazole rings is 1. The van der Waals surface area contributed by atoms with Crippen LogP contribution in [0.25, 0.3) is 5.69 Å². The minimum absolute atomic E-state index is 0.432. The van der Waals surface area contributed by atoms with Crippen LogP contribution in [0, 0.1) is 6.92 Å². The average molecular weight is 305 g/mol. The van der Waals surface area contributed by atoms with Gasteiger partial charge in [-0.2, -0.15) is 4.68 Å². The monoisotopic (exact) mass is 304 g/mol. The van der Waals surface area contributed by atoms with Gasteiger partial charge in [-0.05, 0) is 41.2 Å². The Morgan fingerprint density at radius 2 is 1.95 bits per heavy atom. The lowest BCUT2D eigenvalue weighted by Gasteiger charge is -2.05. The van der Waals surface area contributed by atoms with Gasteiger partial charge in [0.05, 0.1) is 5.69 Å². The molecule has 3 rings (SSSR count). The minimum atomic E-state index is 0.432. The quantitative estimate of drug-likeness (QED) is 0.693. The van der Waals surface area contributed by atoms with Crippen LogP contribution >= 0.6 is 23.4 Å². The third-order valence-corrected chi connectivity index (χ3v) is 4.03. The summed E-state index contributed by atoms with van der Waals surface area (Å²) in [5.74, 6) is 0. The second-order valence-electron chi connectivity index (χ2n) is 3.91. The summed E-state index contributed by atoms with van der Waals surface area (Å²) in [6.45, 7) is 1.86. The van der Waals surface area contributed by atoms with Crippen molar-refractivity contribution in [2.75, 3.05) is 0 Å². The Hall–Kier alpha value is -1.99. The molecule has 6 nitrogen and oxygen atoms in total. The van der Waals surface area contributed by atoms with E-state index >= 15 is 0 Å². The van der Waals surface area contributed by atoms with Crippen LogP contribution in [-0.4, -0.2) is 30.2 Å². The van der Waals surface area contributed by atoms with Crippen LogP contribution in [0.1, 0.15) is 5.56 Å². The van der Waals surface area contributed by atoms with Gasteiger partial charge in [0.2, 0.25) is 5.16 Å². The zero-order valence-electron chi connectivity index (χ0n) is 10.4. The Morgan fingerprint density at radius 3 is 2.75 bits per heavy atom. The largest absolute Gasteiger partial charge is 0.229 e. The van der Waals surface area contributed by atoms with Crippen molar-refractivity contribution in [2.24, 2.45) is 0 Å². The molecule has 2 heterocycles. The summed E-state index contributed by atoms with van der Waals surface area (Å²) in [6, 6.07) is 9.66. The average Bonchev–Trinajstić information content (AvgIpc) is 2.93. The maximum atomic E-state index is 5.99. The predicted molar refractivity (Wildman–Crippen MR) is 75.1 cm³/mol. The Balaban J connectivity index is 1.97. The van der Waals surface area contributed by atoms with Gasteiger partial charge in [-0.1, -0.05) is 29.8 Å². The molecule has 0 unspecified atom stereocenters. The fourth-order valence-corrected chi connectivity index (χ4v) is 2.59. The highest BCUT2D eigenvalue weighted by Crippen LogP contribution is 2.29. The van der Waals surface area contributed by atoms with Gasteiger partial charge in [0, 0.05) is 5.56 Å². The van der Waals surface area contributed by atoms with E-state index in [1.807, 2.05) is 37.3 Å². The molecular formula is C12H9ClN6S. The number of rotatable bonds is 3. The third kappa shape index (κ3) is 2.50. The number of aromatic nitrogens is 6. The molecule has 1 aromatic carbocycles. The Labute approximate surface area is 124 Å². The minimum Gasteiger partial charge on any atom is -0.229 e. The van der Waals surface area contributed by atoms with Gasteiger partial charge < -0.3 is 0 Å². The summed E-state index contributed by atoms with van der Waals surface area (Å²) < 4.78 is 1.65. The molecule has 0 bridgehead atoms. The molecule has 3 aromatic rings. The zero-order valence-corrected chi connectivity index (χ0v) is 12.0. The summed E-state index contributed by atoms with van der Waals surface area (Å²) in [4.78, 5) is 8.14. The lowest BCUT2D eigenvalue weighted by molar-refractivity contribution is 0.755. The molecule has 0 amide bonds. The predicted octanol–water partition coefficient (Wildman–Crippen LogP) is 2.57. The van der Waals surface area contributed by atoms with Gasteiger partial charge in [-0.15, -0.1) is 5.10 Å². The van der Waals surface area contributed by atoms with Gasteiger partial charge in [0.1, 0.15) is 16.5 Å². The Bertz CT molecular complexity index is 730. The van der Waals surface area contributed by atoms with Crippen molar-refractivity contribution in [3.63, 3.8) is 0 Å². The first kappa shape index (κ1) is 13.0. The third-order valence-electron chi connectivity index (χ3n) is 2.61. The van der Waals surface area contributed by atoms with Crippen LogP contribution < -0.4 is 0 Å². The van der Waals surface area contributed by atoms with Crippen molar-refractivity contribution >= 4 is 23.4 Å². The highest BCUT2D eigenvalue weighted by Gasteiger charge is 2.13. The summed E-state index contributed by atoms with van der Waals surface area (Å²) in [5, 5.41) is 13.5. The molecule has 8 heteroatoms. The highest BCUT2D eigenvalue weighted by atomic mass is 35.5. The maximum absolute atomic E-state index is 5.99. The topological polar surface area (TPSA) is 69.4 Å². The molecule has 20 heavy (non-hydrogen) atoms. The molecule has 0 atom stereocenters. The van der Waals surface area contributed by atoms with Gasteiger partial charge in [-0.3, -0.25) is 0 Å². The summed E-state index contributed by atoms with van der Waals surface area (Å²) in [6.07, 6.45) is 1.42. The van der Waals surface area contributed by atoms with Crippen molar-refractivity contribution in [3.05, 3.63) is 47.4 Å².